The Hall–Kier alpha value is -0.100. The normalized spacial score (nSPS) is 12.5. The fraction of sp³-hybridized carbons (Fsp3) is 0.500. The van der Waals surface area contributed by atoms with Crippen molar-refractivity contribution in [1.29, 1.82) is 0 Å². The van der Waals surface area contributed by atoms with Gasteiger partial charge in [0.1, 0.15) is 5.75 Å². The minimum Gasteiger partial charge on any atom is -0.494 e. The quantitative estimate of drug-likeness (QED) is 0.812. The van der Waals surface area contributed by atoms with E-state index in [1.54, 1.807) is 7.11 Å². The first-order valence-corrected chi connectivity index (χ1v) is 7.03. The first-order valence-electron chi connectivity index (χ1n) is 5.44. The lowest BCUT2D eigenvalue weighted by Crippen LogP contribution is -2.26. The van der Waals surface area contributed by atoms with Crippen LogP contribution < -0.4 is 10.1 Å². The van der Waals surface area contributed by atoms with E-state index in [0.717, 1.165) is 33.2 Å². The number of hydrogen-bond acceptors (Lipinski definition) is 3. The van der Waals surface area contributed by atoms with Crippen LogP contribution in [0.1, 0.15) is 18.9 Å². The summed E-state index contributed by atoms with van der Waals surface area (Å²) in [5, 5.41) is 12.2. The standard InChI is InChI=1S/C12H17Br2NO2/c1-8(3-4-16)15-7-9-5-10(13)12(17-2)11(14)6-9/h5-6,8,15-16H,3-4,7H2,1-2H3. The zero-order valence-corrected chi connectivity index (χ0v) is 13.1. The van der Waals surface area contributed by atoms with Crippen LogP contribution >= 0.6 is 31.9 Å². The highest BCUT2D eigenvalue weighted by molar-refractivity contribution is 9.11. The number of hydrogen-bond donors (Lipinski definition) is 2. The summed E-state index contributed by atoms with van der Waals surface area (Å²) >= 11 is 6.95. The molecular weight excluding hydrogens is 350 g/mol. The van der Waals surface area contributed by atoms with E-state index < -0.39 is 0 Å². The van der Waals surface area contributed by atoms with E-state index >= 15 is 0 Å². The predicted octanol–water partition coefficient (Wildman–Crippen LogP) is 3.08. The number of rotatable bonds is 6. The maximum atomic E-state index is 8.82. The lowest BCUT2D eigenvalue weighted by Gasteiger charge is -2.14. The molecule has 96 valence electrons. The van der Waals surface area contributed by atoms with Crippen LogP contribution in [0.5, 0.6) is 5.75 Å². The Morgan fingerprint density at radius 1 is 1.35 bits per heavy atom. The molecule has 0 fully saturated rings. The first-order chi connectivity index (χ1) is 8.08. The Bertz CT molecular complexity index is 349. The molecule has 1 rings (SSSR count). The van der Waals surface area contributed by atoms with Crippen LogP contribution in [-0.2, 0) is 6.54 Å². The lowest BCUT2D eigenvalue weighted by atomic mass is 10.2. The Kier molecular flexibility index (Phi) is 6.48. The van der Waals surface area contributed by atoms with Gasteiger partial charge in [-0.25, -0.2) is 0 Å². The Morgan fingerprint density at radius 3 is 2.41 bits per heavy atom. The zero-order chi connectivity index (χ0) is 12.8. The molecule has 0 saturated carbocycles. The van der Waals surface area contributed by atoms with Crippen molar-refractivity contribution in [3.05, 3.63) is 26.6 Å². The van der Waals surface area contributed by atoms with Crippen molar-refractivity contribution in [2.24, 2.45) is 0 Å². The highest BCUT2D eigenvalue weighted by Crippen LogP contribution is 2.34. The molecule has 1 aromatic rings. The topological polar surface area (TPSA) is 41.5 Å². The minimum absolute atomic E-state index is 0.212. The molecule has 0 spiro atoms. The van der Waals surface area contributed by atoms with E-state index in [2.05, 4.69) is 44.1 Å². The molecule has 0 aliphatic carbocycles. The minimum atomic E-state index is 0.212. The molecule has 3 nitrogen and oxygen atoms in total. The van der Waals surface area contributed by atoms with Crippen LogP contribution in [0.4, 0.5) is 0 Å². The molecule has 0 saturated heterocycles. The third-order valence-electron chi connectivity index (χ3n) is 2.48. The van der Waals surface area contributed by atoms with Crippen LogP contribution in [-0.4, -0.2) is 24.9 Å². The summed E-state index contributed by atoms with van der Waals surface area (Å²) in [5.74, 6) is 0.803. The van der Waals surface area contributed by atoms with Crippen LogP contribution in [0.3, 0.4) is 0 Å². The van der Waals surface area contributed by atoms with Crippen LogP contribution in [0.2, 0.25) is 0 Å². The second kappa shape index (κ2) is 7.36. The van der Waals surface area contributed by atoms with Crippen molar-refractivity contribution in [2.45, 2.75) is 25.9 Å². The average Bonchev–Trinajstić information content (AvgIpc) is 2.26. The molecule has 1 atom stereocenters. The molecule has 0 amide bonds. The summed E-state index contributed by atoms with van der Waals surface area (Å²) in [6.45, 7) is 3.04. The van der Waals surface area contributed by atoms with Gasteiger partial charge in [-0.1, -0.05) is 0 Å². The molecule has 0 radical (unpaired) electrons. The van der Waals surface area contributed by atoms with Gasteiger partial charge < -0.3 is 15.2 Å². The van der Waals surface area contributed by atoms with Gasteiger partial charge in [0.15, 0.2) is 0 Å². The molecular formula is C12H17Br2NO2. The smallest absolute Gasteiger partial charge is 0.147 e. The van der Waals surface area contributed by atoms with Gasteiger partial charge in [0, 0.05) is 19.2 Å². The third kappa shape index (κ3) is 4.58. The van der Waals surface area contributed by atoms with E-state index in [4.69, 9.17) is 9.84 Å². The number of nitrogens with one attached hydrogen (secondary N) is 1. The Morgan fingerprint density at radius 2 is 1.94 bits per heavy atom. The van der Waals surface area contributed by atoms with Crippen LogP contribution in [0.15, 0.2) is 21.1 Å². The molecule has 0 aliphatic heterocycles. The fourth-order valence-corrected chi connectivity index (χ4v) is 3.10. The SMILES string of the molecule is COc1c(Br)cc(CNC(C)CCO)cc1Br. The summed E-state index contributed by atoms with van der Waals surface area (Å²) < 4.78 is 7.11. The number of ether oxygens (including phenoxy) is 1. The summed E-state index contributed by atoms with van der Waals surface area (Å²) in [5.41, 5.74) is 1.16. The van der Waals surface area contributed by atoms with Gasteiger partial charge in [-0.15, -0.1) is 0 Å². The number of aliphatic hydroxyl groups is 1. The number of benzene rings is 1. The summed E-state index contributed by atoms with van der Waals surface area (Å²) in [7, 11) is 1.64. The molecule has 1 unspecified atom stereocenters. The molecule has 1 aromatic carbocycles. The van der Waals surface area contributed by atoms with Gasteiger partial charge in [0.25, 0.3) is 0 Å². The van der Waals surface area contributed by atoms with Crippen molar-refractivity contribution >= 4 is 31.9 Å². The number of halogens is 2. The van der Waals surface area contributed by atoms with Gasteiger partial charge in [-0.2, -0.15) is 0 Å². The third-order valence-corrected chi connectivity index (χ3v) is 3.66. The van der Waals surface area contributed by atoms with Gasteiger partial charge in [-0.05, 0) is 62.9 Å². The molecule has 17 heavy (non-hydrogen) atoms. The Labute approximate surface area is 119 Å². The van der Waals surface area contributed by atoms with Crippen molar-refractivity contribution in [3.63, 3.8) is 0 Å². The summed E-state index contributed by atoms with van der Waals surface area (Å²) in [6.07, 6.45) is 0.762. The van der Waals surface area contributed by atoms with Gasteiger partial charge >= 0.3 is 0 Å². The maximum absolute atomic E-state index is 8.82. The van der Waals surface area contributed by atoms with Crippen molar-refractivity contribution in [3.8, 4) is 5.75 Å². The van der Waals surface area contributed by atoms with Crippen LogP contribution in [0.25, 0.3) is 0 Å². The van der Waals surface area contributed by atoms with Crippen molar-refractivity contribution < 1.29 is 9.84 Å². The largest absolute Gasteiger partial charge is 0.494 e. The van der Waals surface area contributed by atoms with Gasteiger partial charge in [0.05, 0.1) is 16.1 Å². The van der Waals surface area contributed by atoms with E-state index in [1.807, 2.05) is 12.1 Å². The monoisotopic (exact) mass is 365 g/mol. The van der Waals surface area contributed by atoms with Gasteiger partial charge in [-0.3, -0.25) is 0 Å². The summed E-state index contributed by atoms with van der Waals surface area (Å²) in [4.78, 5) is 0. The molecule has 0 aliphatic rings. The predicted molar refractivity (Wildman–Crippen MR) is 76.4 cm³/mol. The van der Waals surface area contributed by atoms with Crippen molar-refractivity contribution in [1.82, 2.24) is 5.32 Å². The second-order valence-corrected chi connectivity index (χ2v) is 5.60. The lowest BCUT2D eigenvalue weighted by molar-refractivity contribution is 0.268. The maximum Gasteiger partial charge on any atom is 0.147 e. The van der Waals surface area contributed by atoms with Crippen molar-refractivity contribution in [2.75, 3.05) is 13.7 Å². The number of aliphatic hydroxyl groups excluding tert-OH is 1. The number of methoxy groups -OCH3 is 1. The van der Waals surface area contributed by atoms with E-state index in [-0.39, 0.29) is 6.61 Å². The van der Waals surface area contributed by atoms with E-state index in [1.165, 1.54) is 0 Å². The highest BCUT2D eigenvalue weighted by Gasteiger charge is 2.08. The molecule has 0 heterocycles. The molecule has 0 aromatic heterocycles. The fourth-order valence-electron chi connectivity index (χ4n) is 1.50. The Balaban J connectivity index is 2.67. The molecule has 0 bridgehead atoms. The molecule has 2 N–H and O–H groups in total. The average molecular weight is 367 g/mol. The van der Waals surface area contributed by atoms with Gasteiger partial charge in [0.2, 0.25) is 0 Å². The molecule has 5 heteroatoms. The summed E-state index contributed by atoms with van der Waals surface area (Å²) in [6, 6.07) is 4.37. The zero-order valence-electron chi connectivity index (χ0n) is 9.96. The van der Waals surface area contributed by atoms with E-state index in [9.17, 15) is 0 Å². The first kappa shape index (κ1) is 15.0. The van der Waals surface area contributed by atoms with Crippen LogP contribution in [0, 0.1) is 0 Å². The highest BCUT2D eigenvalue weighted by atomic mass is 79.9. The second-order valence-electron chi connectivity index (χ2n) is 3.89. The van der Waals surface area contributed by atoms with E-state index in [0.29, 0.717) is 6.04 Å².